The third-order valence-corrected chi connectivity index (χ3v) is 9.75. The molecule has 0 aliphatic carbocycles. The van der Waals surface area contributed by atoms with Crippen LogP contribution in [0.5, 0.6) is 0 Å². The predicted molar refractivity (Wildman–Crippen MR) is 207 cm³/mol. The summed E-state index contributed by atoms with van der Waals surface area (Å²) < 4.78 is 6.48. The molecule has 0 aliphatic heterocycles. The Morgan fingerprint density at radius 3 is 1.62 bits per heavy atom. The Morgan fingerprint density at radius 1 is 0.400 bits per heavy atom. The molecule has 7 aromatic carbocycles. The number of aromatic nitrogens is 2. The van der Waals surface area contributed by atoms with Crippen molar-refractivity contribution >= 4 is 71.4 Å². The fourth-order valence-corrected chi connectivity index (χ4v) is 7.12. The van der Waals surface area contributed by atoms with Crippen LogP contribution in [0, 0.1) is 0 Å². The standard InChI is InChI=1S/C46H29N3O/c1-2-6-33-23-36(10-9-30(33)5-1)31-13-17-40(18-14-31)49(41-19-15-32(16-20-41)37-11-12-39-28-47-22-21-38(39)24-37)46-27-45-43(29-48-46)42-25-34-7-3-4-8-35(34)26-44(42)50-45/h1-29H. The summed E-state index contributed by atoms with van der Waals surface area (Å²) in [5.41, 5.74) is 8.34. The molecular formula is C46H29N3O. The Kier molecular flexibility index (Phi) is 6.46. The van der Waals surface area contributed by atoms with Crippen LogP contribution in [0.3, 0.4) is 0 Å². The van der Waals surface area contributed by atoms with Gasteiger partial charge in [0.05, 0.1) is 0 Å². The lowest BCUT2D eigenvalue weighted by molar-refractivity contribution is 0.669. The van der Waals surface area contributed by atoms with Crippen LogP contribution in [0.4, 0.5) is 17.2 Å². The van der Waals surface area contributed by atoms with Gasteiger partial charge in [-0.15, -0.1) is 0 Å². The third kappa shape index (κ3) is 4.85. The van der Waals surface area contributed by atoms with Gasteiger partial charge in [-0.25, -0.2) is 4.98 Å². The van der Waals surface area contributed by atoms with Crippen molar-refractivity contribution in [2.24, 2.45) is 0 Å². The molecule has 0 aliphatic rings. The molecular weight excluding hydrogens is 611 g/mol. The molecule has 0 unspecified atom stereocenters. The number of anilines is 3. The van der Waals surface area contributed by atoms with Crippen LogP contribution in [0.25, 0.3) is 76.5 Å². The minimum Gasteiger partial charge on any atom is -0.456 e. The molecule has 0 bridgehead atoms. The number of fused-ring (bicyclic) bond motifs is 6. The molecule has 0 saturated heterocycles. The average Bonchev–Trinajstić information content (AvgIpc) is 3.53. The van der Waals surface area contributed by atoms with Gasteiger partial charge in [0, 0.05) is 52.2 Å². The van der Waals surface area contributed by atoms with Crippen LogP contribution < -0.4 is 4.90 Å². The van der Waals surface area contributed by atoms with Gasteiger partial charge in [-0.05, 0) is 104 Å². The van der Waals surface area contributed by atoms with Crippen LogP contribution in [0.1, 0.15) is 0 Å². The smallest absolute Gasteiger partial charge is 0.141 e. The maximum Gasteiger partial charge on any atom is 0.141 e. The Labute approximate surface area is 288 Å². The van der Waals surface area contributed by atoms with E-state index in [-0.39, 0.29) is 0 Å². The molecule has 3 aromatic heterocycles. The van der Waals surface area contributed by atoms with Crippen molar-refractivity contribution in [3.63, 3.8) is 0 Å². The average molecular weight is 640 g/mol. The van der Waals surface area contributed by atoms with Gasteiger partial charge in [0.2, 0.25) is 0 Å². The van der Waals surface area contributed by atoms with E-state index in [9.17, 15) is 0 Å². The number of hydrogen-bond acceptors (Lipinski definition) is 4. The van der Waals surface area contributed by atoms with Gasteiger partial charge < -0.3 is 4.42 Å². The highest BCUT2D eigenvalue weighted by Crippen LogP contribution is 2.39. The molecule has 0 amide bonds. The Bertz CT molecular complexity index is 2750. The summed E-state index contributed by atoms with van der Waals surface area (Å²) in [4.78, 5) is 11.5. The second kappa shape index (κ2) is 11.4. The molecule has 0 N–H and O–H groups in total. The van der Waals surface area contributed by atoms with Crippen LogP contribution in [-0.2, 0) is 0 Å². The second-order valence-electron chi connectivity index (χ2n) is 12.8. The van der Waals surface area contributed by atoms with Gasteiger partial charge >= 0.3 is 0 Å². The summed E-state index contributed by atoms with van der Waals surface area (Å²) in [5.74, 6) is 0.783. The van der Waals surface area contributed by atoms with Gasteiger partial charge in [-0.3, -0.25) is 9.88 Å². The number of pyridine rings is 2. The Hall–Kier alpha value is -6.78. The first kappa shape index (κ1) is 28.3. The number of rotatable bonds is 5. The highest BCUT2D eigenvalue weighted by molar-refractivity contribution is 6.10. The largest absolute Gasteiger partial charge is 0.456 e. The van der Waals surface area contributed by atoms with Crippen molar-refractivity contribution in [3.8, 4) is 22.3 Å². The predicted octanol–water partition coefficient (Wildman–Crippen LogP) is 12.6. The van der Waals surface area contributed by atoms with E-state index in [2.05, 4.69) is 168 Å². The lowest BCUT2D eigenvalue weighted by Crippen LogP contribution is -2.11. The fraction of sp³-hybridized carbons (Fsp3) is 0. The zero-order valence-corrected chi connectivity index (χ0v) is 27.0. The van der Waals surface area contributed by atoms with Crippen molar-refractivity contribution in [1.29, 1.82) is 0 Å². The normalized spacial score (nSPS) is 11.6. The topological polar surface area (TPSA) is 42.2 Å². The van der Waals surface area contributed by atoms with Crippen LogP contribution in [0.15, 0.2) is 181 Å². The van der Waals surface area contributed by atoms with E-state index < -0.39 is 0 Å². The van der Waals surface area contributed by atoms with E-state index >= 15 is 0 Å². The monoisotopic (exact) mass is 639 g/mol. The molecule has 0 fully saturated rings. The highest BCUT2D eigenvalue weighted by Gasteiger charge is 2.18. The molecule has 4 nitrogen and oxygen atoms in total. The molecule has 0 spiro atoms. The summed E-state index contributed by atoms with van der Waals surface area (Å²) in [7, 11) is 0. The van der Waals surface area contributed by atoms with Gasteiger partial charge in [0.1, 0.15) is 17.0 Å². The van der Waals surface area contributed by atoms with Gasteiger partial charge in [-0.2, -0.15) is 0 Å². The number of nitrogens with zero attached hydrogens (tertiary/aromatic N) is 3. The first-order chi connectivity index (χ1) is 24.7. The second-order valence-corrected chi connectivity index (χ2v) is 12.8. The summed E-state index contributed by atoms with van der Waals surface area (Å²) in [6, 6.07) is 55.9. The quantitative estimate of drug-likeness (QED) is 0.188. The summed E-state index contributed by atoms with van der Waals surface area (Å²) in [5, 5.41) is 9.19. The van der Waals surface area contributed by atoms with Crippen molar-refractivity contribution in [1.82, 2.24) is 9.97 Å². The van der Waals surface area contributed by atoms with Crippen LogP contribution >= 0.6 is 0 Å². The molecule has 10 rings (SSSR count). The first-order valence-electron chi connectivity index (χ1n) is 16.8. The van der Waals surface area contributed by atoms with Gasteiger partial charge in [-0.1, -0.05) is 97.1 Å². The minimum absolute atomic E-state index is 0.783. The van der Waals surface area contributed by atoms with Crippen molar-refractivity contribution in [3.05, 3.63) is 176 Å². The van der Waals surface area contributed by atoms with Crippen molar-refractivity contribution < 1.29 is 4.42 Å². The summed E-state index contributed by atoms with van der Waals surface area (Å²) >= 11 is 0. The third-order valence-electron chi connectivity index (χ3n) is 9.75. The SMILES string of the molecule is c1ccc2cc(-c3ccc(N(c4ccc(-c5ccc6cnccc6c5)cc4)c4cc5oc6cc7ccccc7cc6c5cn4)cc3)ccc2c1. The van der Waals surface area contributed by atoms with E-state index in [0.717, 1.165) is 66.6 Å². The van der Waals surface area contributed by atoms with E-state index in [1.165, 1.54) is 27.1 Å². The van der Waals surface area contributed by atoms with Crippen molar-refractivity contribution in [2.45, 2.75) is 0 Å². The van der Waals surface area contributed by atoms with E-state index in [1.54, 1.807) is 0 Å². The minimum atomic E-state index is 0.783. The molecule has 3 heterocycles. The first-order valence-corrected chi connectivity index (χ1v) is 16.8. The fourth-order valence-electron chi connectivity index (χ4n) is 7.12. The van der Waals surface area contributed by atoms with E-state index in [1.807, 2.05) is 18.6 Å². The number of benzene rings is 7. The Morgan fingerprint density at radius 2 is 0.940 bits per heavy atom. The molecule has 234 valence electrons. The maximum absolute atomic E-state index is 6.48. The molecule has 0 saturated carbocycles. The molecule has 0 atom stereocenters. The highest BCUT2D eigenvalue weighted by atomic mass is 16.3. The summed E-state index contributed by atoms with van der Waals surface area (Å²) in [6.45, 7) is 0. The molecule has 10 aromatic rings. The van der Waals surface area contributed by atoms with Crippen LogP contribution in [-0.4, -0.2) is 9.97 Å². The lowest BCUT2D eigenvalue weighted by atomic mass is 10.0. The zero-order valence-electron chi connectivity index (χ0n) is 27.0. The summed E-state index contributed by atoms with van der Waals surface area (Å²) in [6.07, 6.45) is 5.69. The van der Waals surface area contributed by atoms with E-state index in [4.69, 9.17) is 9.40 Å². The van der Waals surface area contributed by atoms with Gasteiger partial charge in [0.15, 0.2) is 0 Å². The molecule has 50 heavy (non-hydrogen) atoms. The van der Waals surface area contributed by atoms with Gasteiger partial charge in [0.25, 0.3) is 0 Å². The lowest BCUT2D eigenvalue weighted by Gasteiger charge is -2.24. The zero-order chi connectivity index (χ0) is 33.0. The molecule has 4 heteroatoms. The number of furan rings is 1. The van der Waals surface area contributed by atoms with Crippen LogP contribution in [0.2, 0.25) is 0 Å². The Balaban J connectivity index is 1.08. The maximum atomic E-state index is 6.48. The van der Waals surface area contributed by atoms with Crippen molar-refractivity contribution in [2.75, 3.05) is 4.90 Å². The molecule has 0 radical (unpaired) electrons. The number of hydrogen-bond donors (Lipinski definition) is 0. The van der Waals surface area contributed by atoms with E-state index in [0.29, 0.717) is 0 Å².